The molecule has 4 rings (SSSR count). The van der Waals surface area contributed by atoms with Crippen LogP contribution in [-0.4, -0.2) is 5.91 Å². The van der Waals surface area contributed by atoms with Crippen molar-refractivity contribution in [3.8, 4) is 0 Å². The number of fused-ring (bicyclic) bond motifs is 1. The van der Waals surface area contributed by atoms with Crippen LogP contribution < -0.4 is 5.32 Å². The molecule has 0 aromatic heterocycles. The second-order valence-electron chi connectivity index (χ2n) is 5.82. The number of thioether (sulfide) groups is 1. The summed E-state index contributed by atoms with van der Waals surface area (Å²) in [4.78, 5) is 12.0. The zero-order valence-electron chi connectivity index (χ0n) is 13.1. The van der Waals surface area contributed by atoms with E-state index in [9.17, 15) is 4.79 Å². The summed E-state index contributed by atoms with van der Waals surface area (Å²) in [5, 5.41) is 3.24. The summed E-state index contributed by atoms with van der Waals surface area (Å²) < 4.78 is 0. The normalized spacial score (nSPS) is 18.9. The van der Waals surface area contributed by atoms with E-state index in [-0.39, 0.29) is 5.91 Å². The third kappa shape index (κ3) is 2.51. The van der Waals surface area contributed by atoms with Crippen molar-refractivity contribution in [2.75, 3.05) is 0 Å². The molecule has 118 valence electrons. The third-order valence-electron chi connectivity index (χ3n) is 4.32. The molecular weight excluding hydrogens is 314 g/mol. The standard InChI is InChI=1S/C21H17NOS/c23-20-18-13-7-8-14-19(18)21(22-20,17-11-5-2-6-12-17)24-15-16-9-3-1-4-10-16/h1-14H,15H2,(H,22,23)/t21-/m1/s1. The van der Waals surface area contributed by atoms with Crippen LogP contribution in [0.4, 0.5) is 0 Å². The number of nitrogens with one attached hydrogen (secondary N) is 1. The molecule has 0 bridgehead atoms. The van der Waals surface area contributed by atoms with Crippen LogP contribution in [0.15, 0.2) is 84.9 Å². The second kappa shape index (κ2) is 6.17. The van der Waals surface area contributed by atoms with Gasteiger partial charge in [0, 0.05) is 16.9 Å². The Morgan fingerprint density at radius 1 is 0.792 bits per heavy atom. The quantitative estimate of drug-likeness (QED) is 0.759. The fraction of sp³-hybridized carbons (Fsp3) is 0.0952. The molecule has 1 N–H and O–H groups in total. The van der Waals surface area contributed by atoms with Crippen molar-refractivity contribution in [1.29, 1.82) is 0 Å². The Bertz CT molecular complexity index is 863. The Hall–Kier alpha value is -2.52. The first-order valence-electron chi connectivity index (χ1n) is 7.95. The molecule has 1 aliphatic heterocycles. The molecule has 24 heavy (non-hydrogen) atoms. The lowest BCUT2D eigenvalue weighted by molar-refractivity contribution is 0.0956. The summed E-state index contributed by atoms with van der Waals surface area (Å²) in [6.45, 7) is 0. The average molecular weight is 331 g/mol. The number of amides is 1. The molecular formula is C21H17NOS. The lowest BCUT2D eigenvalue weighted by atomic mass is 9.98. The van der Waals surface area contributed by atoms with E-state index in [0.717, 1.165) is 22.4 Å². The number of benzene rings is 3. The van der Waals surface area contributed by atoms with Gasteiger partial charge in [-0.25, -0.2) is 0 Å². The molecule has 1 heterocycles. The van der Waals surface area contributed by atoms with Crippen LogP contribution in [0.3, 0.4) is 0 Å². The smallest absolute Gasteiger partial charge is 0.253 e. The van der Waals surface area contributed by atoms with Gasteiger partial charge < -0.3 is 5.32 Å². The first-order valence-corrected chi connectivity index (χ1v) is 8.93. The van der Waals surface area contributed by atoms with Crippen LogP contribution in [0.5, 0.6) is 0 Å². The van der Waals surface area contributed by atoms with Crippen molar-refractivity contribution in [3.05, 3.63) is 107 Å². The molecule has 1 atom stereocenters. The van der Waals surface area contributed by atoms with Crippen molar-refractivity contribution >= 4 is 17.7 Å². The molecule has 3 heteroatoms. The van der Waals surface area contributed by atoms with E-state index in [1.165, 1.54) is 5.56 Å². The van der Waals surface area contributed by atoms with Crippen molar-refractivity contribution in [2.45, 2.75) is 10.6 Å². The van der Waals surface area contributed by atoms with Crippen molar-refractivity contribution in [2.24, 2.45) is 0 Å². The Morgan fingerprint density at radius 2 is 1.42 bits per heavy atom. The maximum absolute atomic E-state index is 12.5. The molecule has 0 aliphatic carbocycles. The highest BCUT2D eigenvalue weighted by Crippen LogP contribution is 2.46. The molecule has 0 radical (unpaired) electrons. The summed E-state index contributed by atoms with van der Waals surface area (Å²) >= 11 is 1.75. The van der Waals surface area contributed by atoms with E-state index in [0.29, 0.717) is 0 Å². The molecule has 0 saturated carbocycles. The van der Waals surface area contributed by atoms with Gasteiger partial charge in [0.2, 0.25) is 0 Å². The van der Waals surface area contributed by atoms with Gasteiger partial charge in [-0.05, 0) is 17.2 Å². The fourth-order valence-corrected chi connectivity index (χ4v) is 4.52. The second-order valence-corrected chi connectivity index (χ2v) is 7.01. The fourth-order valence-electron chi connectivity index (χ4n) is 3.15. The van der Waals surface area contributed by atoms with Crippen molar-refractivity contribution in [3.63, 3.8) is 0 Å². The van der Waals surface area contributed by atoms with E-state index in [4.69, 9.17) is 0 Å². The minimum atomic E-state index is -0.537. The summed E-state index contributed by atoms with van der Waals surface area (Å²) in [5.41, 5.74) is 4.16. The zero-order valence-corrected chi connectivity index (χ0v) is 13.9. The minimum Gasteiger partial charge on any atom is -0.330 e. The number of carbonyl (C=O) groups excluding carboxylic acids is 1. The van der Waals surface area contributed by atoms with Crippen LogP contribution >= 0.6 is 11.8 Å². The molecule has 2 nitrogen and oxygen atoms in total. The molecule has 0 fully saturated rings. The van der Waals surface area contributed by atoms with Gasteiger partial charge in [-0.1, -0.05) is 78.9 Å². The van der Waals surface area contributed by atoms with Crippen LogP contribution in [-0.2, 0) is 10.6 Å². The van der Waals surface area contributed by atoms with Gasteiger partial charge in [-0.15, -0.1) is 11.8 Å². The Balaban J connectivity index is 1.79. The topological polar surface area (TPSA) is 29.1 Å². The highest BCUT2D eigenvalue weighted by molar-refractivity contribution is 7.99. The van der Waals surface area contributed by atoms with E-state index in [2.05, 4.69) is 35.6 Å². The Labute approximate surface area is 145 Å². The summed E-state index contributed by atoms with van der Waals surface area (Å²) in [5.74, 6) is 0.819. The number of hydrogen-bond acceptors (Lipinski definition) is 2. The lowest BCUT2D eigenvalue weighted by Gasteiger charge is -2.30. The largest absolute Gasteiger partial charge is 0.330 e. The van der Waals surface area contributed by atoms with Crippen LogP contribution in [0.2, 0.25) is 0 Å². The number of hydrogen-bond donors (Lipinski definition) is 1. The molecule has 0 spiro atoms. The molecule has 3 aromatic carbocycles. The SMILES string of the molecule is O=C1N[C@@](SCc2ccccc2)(c2ccccc2)c2ccccc21. The van der Waals surface area contributed by atoms with Gasteiger partial charge in [0.1, 0.15) is 4.87 Å². The molecule has 0 unspecified atom stereocenters. The maximum atomic E-state index is 12.5. The maximum Gasteiger partial charge on any atom is 0.253 e. The van der Waals surface area contributed by atoms with Crippen molar-refractivity contribution < 1.29 is 4.79 Å². The molecule has 1 amide bonds. The van der Waals surface area contributed by atoms with E-state index < -0.39 is 4.87 Å². The predicted octanol–water partition coefficient (Wildman–Crippen LogP) is 4.56. The number of carbonyl (C=O) groups is 1. The Morgan fingerprint density at radius 3 is 2.17 bits per heavy atom. The first-order chi connectivity index (χ1) is 11.8. The summed E-state index contributed by atoms with van der Waals surface area (Å²) in [6, 6.07) is 28.4. The summed E-state index contributed by atoms with van der Waals surface area (Å²) in [6.07, 6.45) is 0. The van der Waals surface area contributed by atoms with Gasteiger partial charge in [0.05, 0.1) is 0 Å². The van der Waals surface area contributed by atoms with Gasteiger partial charge >= 0.3 is 0 Å². The zero-order chi connectivity index (χ0) is 16.4. The monoisotopic (exact) mass is 331 g/mol. The average Bonchev–Trinajstić information content (AvgIpc) is 2.95. The van der Waals surface area contributed by atoms with E-state index in [1.54, 1.807) is 11.8 Å². The van der Waals surface area contributed by atoms with Gasteiger partial charge in [-0.3, -0.25) is 4.79 Å². The third-order valence-corrected chi connectivity index (χ3v) is 5.79. The molecule has 3 aromatic rings. The highest BCUT2D eigenvalue weighted by atomic mass is 32.2. The van der Waals surface area contributed by atoms with Crippen molar-refractivity contribution in [1.82, 2.24) is 5.32 Å². The number of rotatable bonds is 4. The van der Waals surface area contributed by atoms with Gasteiger partial charge in [-0.2, -0.15) is 0 Å². The molecule has 0 saturated heterocycles. The van der Waals surface area contributed by atoms with Crippen LogP contribution in [0, 0.1) is 0 Å². The molecule has 1 aliphatic rings. The van der Waals surface area contributed by atoms with Crippen LogP contribution in [0.1, 0.15) is 27.0 Å². The van der Waals surface area contributed by atoms with Gasteiger partial charge in [0.15, 0.2) is 0 Å². The van der Waals surface area contributed by atoms with E-state index in [1.807, 2.05) is 54.6 Å². The lowest BCUT2D eigenvalue weighted by Crippen LogP contribution is -2.37. The highest BCUT2D eigenvalue weighted by Gasteiger charge is 2.44. The summed E-state index contributed by atoms with van der Waals surface area (Å²) in [7, 11) is 0. The van der Waals surface area contributed by atoms with Crippen LogP contribution in [0.25, 0.3) is 0 Å². The van der Waals surface area contributed by atoms with Gasteiger partial charge in [0.25, 0.3) is 5.91 Å². The van der Waals surface area contributed by atoms with E-state index >= 15 is 0 Å². The Kier molecular flexibility index (Phi) is 3.87. The predicted molar refractivity (Wildman–Crippen MR) is 98.9 cm³/mol. The first kappa shape index (κ1) is 15.0. The minimum absolute atomic E-state index is 0.00462.